The molecule has 0 aliphatic heterocycles. The summed E-state index contributed by atoms with van der Waals surface area (Å²) >= 11 is 0. The summed E-state index contributed by atoms with van der Waals surface area (Å²) in [4.78, 5) is 0. The van der Waals surface area contributed by atoms with Gasteiger partial charge in [0.05, 0.1) is 20.0 Å². The van der Waals surface area contributed by atoms with E-state index >= 15 is 0 Å². The Kier molecular flexibility index (Phi) is 8.81. The van der Waals surface area contributed by atoms with Crippen LogP contribution in [0.25, 0.3) is 0 Å². The molecule has 1 aliphatic carbocycles. The zero-order valence-electron chi connectivity index (χ0n) is 20.4. The number of alkyl halides is 3. The first-order chi connectivity index (χ1) is 17.2. The quantitative estimate of drug-likeness (QED) is 0.278. The highest BCUT2D eigenvalue weighted by Gasteiger charge is 2.49. The van der Waals surface area contributed by atoms with E-state index in [1.54, 1.807) is 55.5 Å². The van der Waals surface area contributed by atoms with Crippen molar-refractivity contribution < 1.29 is 43.7 Å². The maximum Gasteiger partial charge on any atom is 0.534 e. The van der Waals surface area contributed by atoms with Crippen molar-refractivity contribution in [2.45, 2.75) is 31.9 Å². The molecule has 0 unspecified atom stereocenters. The molecule has 204 valence electrons. The Bertz CT molecular complexity index is 1260. The van der Waals surface area contributed by atoms with Crippen molar-refractivity contribution >= 4 is 20.1 Å². The summed E-state index contributed by atoms with van der Waals surface area (Å²) < 4.78 is 103. The number of allylic oxidation sites excluding steroid dienone is 2. The Morgan fingerprint density at radius 1 is 0.892 bits per heavy atom. The summed E-state index contributed by atoms with van der Waals surface area (Å²) in [6, 6.07) is 14.0. The number of hydrogen-bond donors (Lipinski definition) is 0. The zero-order valence-corrected chi connectivity index (χ0v) is 22.1. The summed E-state index contributed by atoms with van der Waals surface area (Å²) in [5.41, 5.74) is -4.05. The highest BCUT2D eigenvalue weighted by atomic mass is 32.2. The van der Waals surface area contributed by atoms with E-state index in [0.717, 1.165) is 11.1 Å². The van der Waals surface area contributed by atoms with Crippen LogP contribution in [-0.2, 0) is 37.4 Å². The first-order valence-corrected chi connectivity index (χ1v) is 14.2. The number of halogens is 3. The third-order valence-electron chi connectivity index (χ3n) is 5.97. The molecule has 0 amide bonds. The van der Waals surface area contributed by atoms with Gasteiger partial charge in [-0.3, -0.25) is 0 Å². The van der Waals surface area contributed by atoms with E-state index in [9.17, 15) is 30.0 Å². The number of ether oxygens (including phenoxy) is 2. The maximum absolute atomic E-state index is 13.5. The fourth-order valence-electron chi connectivity index (χ4n) is 3.74. The molecule has 2 atom stereocenters. The molecular formula is C24H28F3NO7S2. The second kappa shape index (κ2) is 11.3. The van der Waals surface area contributed by atoms with Gasteiger partial charge in [-0.1, -0.05) is 31.2 Å². The van der Waals surface area contributed by atoms with Crippen LogP contribution < -0.4 is 9.47 Å². The van der Waals surface area contributed by atoms with Gasteiger partial charge in [-0.25, -0.2) is 8.42 Å². The van der Waals surface area contributed by atoms with Crippen LogP contribution in [0.1, 0.15) is 24.5 Å². The molecule has 8 nitrogen and oxygen atoms in total. The lowest BCUT2D eigenvalue weighted by Crippen LogP contribution is -2.37. The maximum atomic E-state index is 13.5. The van der Waals surface area contributed by atoms with Gasteiger partial charge < -0.3 is 13.7 Å². The molecule has 0 radical (unpaired) electrons. The molecule has 0 saturated heterocycles. The lowest BCUT2D eigenvalue weighted by molar-refractivity contribution is -0.0527. The molecule has 0 saturated carbocycles. The topological polar surface area (TPSA) is 99.2 Å². The summed E-state index contributed by atoms with van der Waals surface area (Å²) in [7, 11) is -6.53. The molecule has 13 heteroatoms. The first-order valence-electron chi connectivity index (χ1n) is 11.2. The van der Waals surface area contributed by atoms with Crippen molar-refractivity contribution in [3.63, 3.8) is 0 Å². The lowest BCUT2D eigenvalue weighted by Gasteiger charge is -2.31. The number of nitrogens with zero attached hydrogens (tertiary/aromatic N) is 1. The molecule has 1 aliphatic rings. The molecule has 0 fully saturated rings. The van der Waals surface area contributed by atoms with Gasteiger partial charge in [0.15, 0.2) is 0 Å². The molecule has 0 bridgehead atoms. The van der Waals surface area contributed by atoms with Gasteiger partial charge in [0.1, 0.15) is 17.3 Å². The third kappa shape index (κ3) is 7.39. The Balaban J connectivity index is 1.75. The number of benzene rings is 2. The largest absolute Gasteiger partial charge is 0.534 e. The van der Waals surface area contributed by atoms with Crippen molar-refractivity contribution in [1.29, 1.82) is 0 Å². The van der Waals surface area contributed by atoms with Crippen LogP contribution in [0.15, 0.2) is 60.4 Å². The molecular weight excluding hydrogens is 535 g/mol. The predicted octanol–water partition coefficient (Wildman–Crippen LogP) is 4.44. The van der Waals surface area contributed by atoms with Crippen LogP contribution in [0.3, 0.4) is 0 Å². The SMILES string of the molecule is COc1ccc(CN(Cc2ccc(OC)cc2)S(=O)(=O)C[C@@H](C)[C@H]2C=C(OS(=O)(=O)C(F)(F)F)C2)cc1. The fraction of sp³-hybridized carbons (Fsp3) is 0.417. The van der Waals surface area contributed by atoms with E-state index in [1.165, 1.54) is 24.6 Å². The van der Waals surface area contributed by atoms with Gasteiger partial charge in [0.25, 0.3) is 0 Å². The van der Waals surface area contributed by atoms with Crippen LogP contribution in [0, 0.1) is 11.8 Å². The van der Waals surface area contributed by atoms with Crippen molar-refractivity contribution in [3.8, 4) is 11.5 Å². The molecule has 0 heterocycles. The van der Waals surface area contributed by atoms with Crippen LogP contribution >= 0.6 is 0 Å². The summed E-state index contributed by atoms with van der Waals surface area (Å²) in [6.07, 6.45) is 1.11. The van der Waals surface area contributed by atoms with E-state index in [1.807, 2.05) is 0 Å². The molecule has 2 aromatic rings. The molecule has 37 heavy (non-hydrogen) atoms. The number of rotatable bonds is 12. The van der Waals surface area contributed by atoms with Gasteiger partial charge in [-0.05, 0) is 53.3 Å². The third-order valence-corrected chi connectivity index (χ3v) is 8.96. The van der Waals surface area contributed by atoms with Crippen LogP contribution in [0.4, 0.5) is 13.2 Å². The average molecular weight is 564 g/mol. The molecule has 0 N–H and O–H groups in total. The molecule has 3 rings (SSSR count). The van der Waals surface area contributed by atoms with Crippen molar-refractivity contribution in [1.82, 2.24) is 4.31 Å². The van der Waals surface area contributed by atoms with Gasteiger partial charge in [-0.15, -0.1) is 0 Å². The van der Waals surface area contributed by atoms with E-state index in [2.05, 4.69) is 4.18 Å². The minimum absolute atomic E-state index is 0.0871. The van der Waals surface area contributed by atoms with Gasteiger partial charge >= 0.3 is 15.6 Å². The van der Waals surface area contributed by atoms with E-state index in [-0.39, 0.29) is 31.0 Å². The Morgan fingerprint density at radius 3 is 1.70 bits per heavy atom. The van der Waals surface area contributed by atoms with Crippen LogP contribution in [-0.4, -0.2) is 46.6 Å². The highest BCUT2D eigenvalue weighted by molar-refractivity contribution is 7.89. The first kappa shape index (κ1) is 28.8. The fourth-order valence-corrected chi connectivity index (χ4v) is 6.05. The van der Waals surface area contributed by atoms with Crippen molar-refractivity contribution in [2.75, 3.05) is 20.0 Å². The minimum Gasteiger partial charge on any atom is -0.497 e. The summed E-state index contributed by atoms with van der Waals surface area (Å²) in [5, 5.41) is 0. The van der Waals surface area contributed by atoms with Crippen LogP contribution in [0.2, 0.25) is 0 Å². The molecule has 2 aromatic carbocycles. The Labute approximate surface area is 214 Å². The van der Waals surface area contributed by atoms with Gasteiger partial charge in [0.2, 0.25) is 10.0 Å². The van der Waals surface area contributed by atoms with Gasteiger partial charge in [-0.2, -0.15) is 25.9 Å². The average Bonchev–Trinajstić information content (AvgIpc) is 2.80. The normalized spacial score (nSPS) is 17.1. The van der Waals surface area contributed by atoms with Crippen molar-refractivity contribution in [2.24, 2.45) is 11.8 Å². The predicted molar refractivity (Wildman–Crippen MR) is 130 cm³/mol. The summed E-state index contributed by atoms with van der Waals surface area (Å²) in [6.45, 7) is 1.82. The van der Waals surface area contributed by atoms with E-state index in [4.69, 9.17) is 9.47 Å². The second-order valence-corrected chi connectivity index (χ2v) is 12.3. The van der Waals surface area contributed by atoms with E-state index < -0.39 is 37.5 Å². The number of hydrogen-bond acceptors (Lipinski definition) is 7. The van der Waals surface area contributed by atoms with Crippen LogP contribution in [0.5, 0.6) is 11.5 Å². The zero-order chi connectivity index (χ0) is 27.4. The number of methoxy groups -OCH3 is 2. The monoisotopic (exact) mass is 563 g/mol. The Hall–Kier alpha value is -2.77. The molecule has 0 spiro atoms. The highest BCUT2D eigenvalue weighted by Crippen LogP contribution is 2.37. The Morgan fingerprint density at radius 2 is 1.32 bits per heavy atom. The smallest absolute Gasteiger partial charge is 0.497 e. The van der Waals surface area contributed by atoms with Gasteiger partial charge in [0, 0.05) is 19.5 Å². The lowest BCUT2D eigenvalue weighted by atomic mass is 9.83. The summed E-state index contributed by atoms with van der Waals surface area (Å²) in [5.74, 6) is -0.328. The van der Waals surface area contributed by atoms with E-state index in [0.29, 0.717) is 11.5 Å². The number of sulfonamides is 1. The second-order valence-electron chi connectivity index (χ2n) is 8.70. The minimum atomic E-state index is -5.75. The van der Waals surface area contributed by atoms with Crippen molar-refractivity contribution in [3.05, 3.63) is 71.5 Å². The standard InChI is InChI=1S/C24H28F3NO7S2/c1-17(20-12-23(13-20)35-37(31,32)24(25,26)27)16-36(29,30)28(14-18-4-8-21(33-2)9-5-18)15-19-6-10-22(34-3)11-7-19/h4-12,17,20H,13-16H2,1-3H3/t17-,20+/m1/s1. The molecule has 0 aromatic heterocycles.